The Hall–Kier alpha value is -1.26. The topological polar surface area (TPSA) is 58.4 Å². The van der Waals surface area contributed by atoms with Gasteiger partial charge in [0.15, 0.2) is 0 Å². The van der Waals surface area contributed by atoms with Crippen LogP contribution in [-0.4, -0.2) is 24.5 Å². The number of hydrogen-bond donors (Lipinski definition) is 2. The van der Waals surface area contributed by atoms with Gasteiger partial charge in [0.2, 0.25) is 5.91 Å². The van der Waals surface area contributed by atoms with E-state index in [0.717, 1.165) is 17.8 Å². The molecule has 0 aromatic heterocycles. The lowest BCUT2D eigenvalue weighted by molar-refractivity contribution is -0.126. The van der Waals surface area contributed by atoms with Crippen molar-refractivity contribution in [1.29, 1.82) is 0 Å². The standard InChI is InChI=1S/C13H18ClN3O/c1-13(2)12(18)16-5-6-17(13)11-4-3-9(8-15)7-10(11)14/h3-4,7H,5-6,8,15H2,1-2H3,(H,16,18). The molecule has 0 atom stereocenters. The molecule has 5 heteroatoms. The number of hydrogen-bond acceptors (Lipinski definition) is 3. The zero-order valence-corrected chi connectivity index (χ0v) is 11.4. The van der Waals surface area contributed by atoms with Gasteiger partial charge in [0, 0.05) is 19.6 Å². The Labute approximate surface area is 112 Å². The average Bonchev–Trinajstić information content (AvgIpc) is 2.33. The van der Waals surface area contributed by atoms with E-state index in [1.54, 1.807) is 0 Å². The molecular weight excluding hydrogens is 250 g/mol. The van der Waals surface area contributed by atoms with Crippen LogP contribution >= 0.6 is 11.6 Å². The molecule has 1 saturated heterocycles. The van der Waals surface area contributed by atoms with E-state index >= 15 is 0 Å². The Kier molecular flexibility index (Phi) is 3.50. The summed E-state index contributed by atoms with van der Waals surface area (Å²) in [7, 11) is 0. The fraction of sp³-hybridized carbons (Fsp3) is 0.462. The lowest BCUT2D eigenvalue weighted by Crippen LogP contribution is -2.62. The van der Waals surface area contributed by atoms with E-state index in [4.69, 9.17) is 17.3 Å². The summed E-state index contributed by atoms with van der Waals surface area (Å²) < 4.78 is 0. The predicted octanol–water partition coefficient (Wildman–Crippen LogP) is 1.51. The number of carbonyl (C=O) groups is 1. The van der Waals surface area contributed by atoms with Crippen LogP contribution in [0.2, 0.25) is 5.02 Å². The summed E-state index contributed by atoms with van der Waals surface area (Å²) in [5.74, 6) is 0.0210. The minimum Gasteiger partial charge on any atom is -0.355 e. The summed E-state index contributed by atoms with van der Waals surface area (Å²) in [6.45, 7) is 5.64. The molecule has 0 aliphatic carbocycles. The van der Waals surface area contributed by atoms with Crippen LogP contribution in [0.5, 0.6) is 0 Å². The largest absolute Gasteiger partial charge is 0.355 e. The van der Waals surface area contributed by atoms with Crippen LogP contribution in [0.25, 0.3) is 0 Å². The van der Waals surface area contributed by atoms with Gasteiger partial charge in [0.1, 0.15) is 5.54 Å². The number of carbonyl (C=O) groups excluding carboxylic acids is 1. The molecule has 0 unspecified atom stereocenters. The third-order valence-electron chi connectivity index (χ3n) is 3.39. The van der Waals surface area contributed by atoms with E-state index in [0.29, 0.717) is 18.1 Å². The number of anilines is 1. The number of halogens is 1. The normalized spacial score (nSPS) is 18.7. The van der Waals surface area contributed by atoms with Crippen LogP contribution in [0, 0.1) is 0 Å². The van der Waals surface area contributed by atoms with Gasteiger partial charge in [-0.15, -0.1) is 0 Å². The third kappa shape index (κ3) is 2.18. The van der Waals surface area contributed by atoms with E-state index in [1.165, 1.54) is 0 Å². The monoisotopic (exact) mass is 267 g/mol. The molecule has 1 aliphatic rings. The molecule has 1 aliphatic heterocycles. The Bertz CT molecular complexity index is 473. The Morgan fingerprint density at radius 3 is 2.83 bits per heavy atom. The van der Waals surface area contributed by atoms with Gasteiger partial charge in [-0.3, -0.25) is 4.79 Å². The number of benzene rings is 1. The zero-order valence-electron chi connectivity index (χ0n) is 10.7. The van der Waals surface area contributed by atoms with E-state index in [-0.39, 0.29) is 5.91 Å². The highest BCUT2D eigenvalue weighted by atomic mass is 35.5. The smallest absolute Gasteiger partial charge is 0.245 e. The Balaban J connectivity index is 2.38. The molecule has 0 bridgehead atoms. The highest BCUT2D eigenvalue weighted by Crippen LogP contribution is 2.32. The second-order valence-electron chi connectivity index (χ2n) is 4.96. The van der Waals surface area contributed by atoms with Crippen LogP contribution in [0.4, 0.5) is 5.69 Å². The minimum absolute atomic E-state index is 0.0210. The number of nitrogens with two attached hydrogens (primary N) is 1. The summed E-state index contributed by atoms with van der Waals surface area (Å²) in [6.07, 6.45) is 0. The van der Waals surface area contributed by atoms with E-state index < -0.39 is 5.54 Å². The molecule has 18 heavy (non-hydrogen) atoms. The Morgan fingerprint density at radius 2 is 2.22 bits per heavy atom. The summed E-state index contributed by atoms with van der Waals surface area (Å²) in [4.78, 5) is 14.0. The predicted molar refractivity (Wildman–Crippen MR) is 73.8 cm³/mol. The third-order valence-corrected chi connectivity index (χ3v) is 3.69. The van der Waals surface area contributed by atoms with Crippen molar-refractivity contribution in [3.05, 3.63) is 28.8 Å². The maximum atomic E-state index is 11.9. The van der Waals surface area contributed by atoms with Gasteiger partial charge in [0.05, 0.1) is 10.7 Å². The molecule has 3 N–H and O–H groups in total. The van der Waals surface area contributed by atoms with Crippen LogP contribution in [0.15, 0.2) is 18.2 Å². The first kappa shape index (κ1) is 13.2. The number of rotatable bonds is 2. The Morgan fingerprint density at radius 1 is 1.50 bits per heavy atom. The molecule has 98 valence electrons. The molecule has 0 saturated carbocycles. The van der Waals surface area contributed by atoms with Crippen molar-refractivity contribution in [2.45, 2.75) is 25.9 Å². The quantitative estimate of drug-likeness (QED) is 0.854. The van der Waals surface area contributed by atoms with Gasteiger partial charge in [-0.2, -0.15) is 0 Å². The van der Waals surface area contributed by atoms with E-state index in [1.807, 2.05) is 36.9 Å². The van der Waals surface area contributed by atoms with Gasteiger partial charge in [-0.1, -0.05) is 17.7 Å². The molecule has 0 radical (unpaired) electrons. The number of nitrogens with one attached hydrogen (secondary N) is 1. The first-order chi connectivity index (χ1) is 8.46. The molecule has 1 aromatic carbocycles. The minimum atomic E-state index is -0.591. The van der Waals surface area contributed by atoms with E-state index in [9.17, 15) is 4.79 Å². The molecule has 4 nitrogen and oxygen atoms in total. The van der Waals surface area contributed by atoms with Gasteiger partial charge < -0.3 is 16.0 Å². The second kappa shape index (κ2) is 4.78. The van der Waals surface area contributed by atoms with Crippen LogP contribution in [0.3, 0.4) is 0 Å². The van der Waals surface area contributed by atoms with Crippen molar-refractivity contribution in [2.75, 3.05) is 18.0 Å². The van der Waals surface area contributed by atoms with Crippen molar-refractivity contribution in [2.24, 2.45) is 5.73 Å². The van der Waals surface area contributed by atoms with Crippen molar-refractivity contribution in [3.8, 4) is 0 Å². The van der Waals surface area contributed by atoms with Crippen molar-refractivity contribution >= 4 is 23.2 Å². The molecular formula is C13H18ClN3O. The zero-order chi connectivity index (χ0) is 13.3. The average molecular weight is 268 g/mol. The fourth-order valence-electron chi connectivity index (χ4n) is 2.22. The first-order valence-corrected chi connectivity index (χ1v) is 6.39. The van der Waals surface area contributed by atoms with Gasteiger partial charge >= 0.3 is 0 Å². The summed E-state index contributed by atoms with van der Waals surface area (Å²) >= 11 is 6.29. The summed E-state index contributed by atoms with van der Waals surface area (Å²) in [5.41, 5.74) is 6.87. The fourth-order valence-corrected chi connectivity index (χ4v) is 2.52. The van der Waals surface area contributed by atoms with Crippen LogP contribution in [-0.2, 0) is 11.3 Å². The van der Waals surface area contributed by atoms with Crippen LogP contribution in [0.1, 0.15) is 19.4 Å². The van der Waals surface area contributed by atoms with Gasteiger partial charge in [0.25, 0.3) is 0 Å². The lowest BCUT2D eigenvalue weighted by Gasteiger charge is -2.43. The van der Waals surface area contributed by atoms with Gasteiger partial charge in [-0.05, 0) is 31.5 Å². The number of amides is 1. The SMILES string of the molecule is CC1(C)C(=O)NCCN1c1ccc(CN)cc1Cl. The molecule has 1 heterocycles. The number of nitrogens with zero attached hydrogens (tertiary/aromatic N) is 1. The highest BCUT2D eigenvalue weighted by Gasteiger charge is 2.38. The molecule has 1 fully saturated rings. The molecule has 1 aromatic rings. The first-order valence-electron chi connectivity index (χ1n) is 6.01. The van der Waals surface area contributed by atoms with Gasteiger partial charge in [-0.25, -0.2) is 0 Å². The van der Waals surface area contributed by atoms with Crippen LogP contribution < -0.4 is 16.0 Å². The molecule has 0 spiro atoms. The van der Waals surface area contributed by atoms with Crippen molar-refractivity contribution in [3.63, 3.8) is 0 Å². The maximum Gasteiger partial charge on any atom is 0.245 e. The summed E-state index contributed by atoms with van der Waals surface area (Å²) in [6, 6.07) is 5.74. The molecule has 1 amide bonds. The maximum absolute atomic E-state index is 11.9. The van der Waals surface area contributed by atoms with E-state index in [2.05, 4.69) is 5.32 Å². The lowest BCUT2D eigenvalue weighted by atomic mass is 9.97. The summed E-state index contributed by atoms with van der Waals surface area (Å²) in [5, 5.41) is 3.51. The van der Waals surface area contributed by atoms with Crippen molar-refractivity contribution in [1.82, 2.24) is 5.32 Å². The second-order valence-corrected chi connectivity index (χ2v) is 5.36. The molecule has 2 rings (SSSR count). The van der Waals surface area contributed by atoms with Crippen molar-refractivity contribution < 1.29 is 4.79 Å². The highest BCUT2D eigenvalue weighted by molar-refractivity contribution is 6.33. The number of piperazine rings is 1.